The Hall–Kier alpha value is -1.10. The first-order valence-electron chi connectivity index (χ1n) is 4.17. The van der Waals surface area contributed by atoms with Crippen LogP contribution in [0.2, 0.25) is 10.0 Å². The molecule has 0 fully saturated rings. The summed E-state index contributed by atoms with van der Waals surface area (Å²) < 4.78 is 0. The number of aliphatic hydroxyl groups excluding tert-OH is 1. The number of halogens is 2. The molecule has 2 N–H and O–H groups in total. The molecule has 0 amide bonds. The topological polar surface area (TPSA) is 61.8 Å². The van der Waals surface area contributed by atoms with E-state index in [-0.39, 0.29) is 0 Å². The standard InChI is InChI=1S/C9H7Cl2N3O/c10-5-1-2-7(11)6(3-5)8(15)9-12-4-13-14-9/h1-4,8,15H,(H,12,13,14). The fraction of sp³-hybridized carbons (Fsp3) is 0.111. The lowest BCUT2D eigenvalue weighted by Crippen LogP contribution is -2.02. The zero-order chi connectivity index (χ0) is 10.8. The Kier molecular flexibility index (Phi) is 2.90. The minimum absolute atomic E-state index is 0.333. The van der Waals surface area contributed by atoms with Gasteiger partial charge in [-0.15, -0.1) is 0 Å². The van der Waals surface area contributed by atoms with E-state index in [2.05, 4.69) is 15.2 Å². The molecule has 4 nitrogen and oxygen atoms in total. The molecule has 78 valence electrons. The molecule has 6 heteroatoms. The molecule has 1 unspecified atom stereocenters. The fourth-order valence-corrected chi connectivity index (χ4v) is 1.62. The molecular weight excluding hydrogens is 237 g/mol. The molecule has 1 aromatic heterocycles. The van der Waals surface area contributed by atoms with E-state index in [1.54, 1.807) is 18.2 Å². The maximum Gasteiger partial charge on any atom is 0.157 e. The number of hydrogen-bond acceptors (Lipinski definition) is 3. The molecule has 0 bridgehead atoms. The Labute approximate surface area is 95.9 Å². The van der Waals surface area contributed by atoms with Crippen molar-refractivity contribution in [3.8, 4) is 0 Å². The van der Waals surface area contributed by atoms with Gasteiger partial charge in [0.1, 0.15) is 12.4 Å². The summed E-state index contributed by atoms with van der Waals surface area (Å²) in [4.78, 5) is 3.84. The van der Waals surface area contributed by atoms with Gasteiger partial charge < -0.3 is 5.11 Å². The Morgan fingerprint density at radius 3 is 2.80 bits per heavy atom. The third-order valence-corrected chi connectivity index (χ3v) is 2.52. The molecule has 0 aliphatic carbocycles. The Bertz CT molecular complexity index is 458. The van der Waals surface area contributed by atoms with Crippen molar-refractivity contribution in [2.24, 2.45) is 0 Å². The number of rotatable bonds is 2. The summed E-state index contributed by atoms with van der Waals surface area (Å²) >= 11 is 11.7. The monoisotopic (exact) mass is 243 g/mol. The van der Waals surface area contributed by atoms with Gasteiger partial charge in [-0.25, -0.2) is 4.98 Å². The van der Waals surface area contributed by atoms with E-state index in [4.69, 9.17) is 23.2 Å². The number of benzene rings is 1. The third kappa shape index (κ3) is 2.12. The van der Waals surface area contributed by atoms with Crippen LogP contribution in [0.5, 0.6) is 0 Å². The van der Waals surface area contributed by atoms with E-state index < -0.39 is 6.10 Å². The second-order valence-electron chi connectivity index (χ2n) is 2.94. The SMILES string of the molecule is OC(c1ncn[nH]1)c1cc(Cl)ccc1Cl. The van der Waals surface area contributed by atoms with Gasteiger partial charge in [0.2, 0.25) is 0 Å². The molecular formula is C9H7Cl2N3O. The van der Waals surface area contributed by atoms with Crippen LogP contribution in [-0.2, 0) is 0 Å². The average molecular weight is 244 g/mol. The fourth-order valence-electron chi connectivity index (χ4n) is 1.22. The number of aromatic amines is 1. The van der Waals surface area contributed by atoms with Crippen LogP contribution in [0.15, 0.2) is 24.5 Å². The summed E-state index contributed by atoms with van der Waals surface area (Å²) in [6, 6.07) is 4.87. The molecule has 0 aliphatic rings. The van der Waals surface area contributed by atoms with Crippen LogP contribution in [0.1, 0.15) is 17.5 Å². The normalized spacial score (nSPS) is 12.7. The van der Waals surface area contributed by atoms with Crippen molar-refractivity contribution in [2.45, 2.75) is 6.10 Å². The first-order chi connectivity index (χ1) is 7.18. The molecule has 0 aliphatic heterocycles. The summed E-state index contributed by atoms with van der Waals surface area (Å²) in [5.74, 6) is 0.333. The smallest absolute Gasteiger partial charge is 0.157 e. The van der Waals surface area contributed by atoms with E-state index in [9.17, 15) is 5.11 Å². The van der Waals surface area contributed by atoms with Gasteiger partial charge in [0.15, 0.2) is 5.82 Å². The molecule has 0 spiro atoms. The number of aliphatic hydroxyl groups is 1. The number of nitrogens with one attached hydrogen (secondary N) is 1. The minimum Gasteiger partial charge on any atom is -0.380 e. The second kappa shape index (κ2) is 4.18. The van der Waals surface area contributed by atoms with E-state index in [1.165, 1.54) is 6.33 Å². The highest BCUT2D eigenvalue weighted by Gasteiger charge is 2.16. The van der Waals surface area contributed by atoms with E-state index in [1.807, 2.05) is 0 Å². The lowest BCUT2D eigenvalue weighted by Gasteiger charge is -2.09. The summed E-state index contributed by atoms with van der Waals surface area (Å²) in [5, 5.41) is 17.1. The summed E-state index contributed by atoms with van der Waals surface area (Å²) in [7, 11) is 0. The van der Waals surface area contributed by atoms with Crippen LogP contribution in [0, 0.1) is 0 Å². The molecule has 15 heavy (non-hydrogen) atoms. The number of hydrogen-bond donors (Lipinski definition) is 2. The van der Waals surface area contributed by atoms with Crippen molar-refractivity contribution in [1.29, 1.82) is 0 Å². The van der Waals surface area contributed by atoms with Crippen LogP contribution >= 0.6 is 23.2 Å². The summed E-state index contributed by atoms with van der Waals surface area (Å²) in [6.45, 7) is 0. The van der Waals surface area contributed by atoms with Crippen molar-refractivity contribution >= 4 is 23.2 Å². The van der Waals surface area contributed by atoms with E-state index in [0.29, 0.717) is 21.4 Å². The molecule has 1 aromatic carbocycles. The largest absolute Gasteiger partial charge is 0.380 e. The van der Waals surface area contributed by atoms with Crippen molar-refractivity contribution in [2.75, 3.05) is 0 Å². The lowest BCUT2D eigenvalue weighted by molar-refractivity contribution is 0.210. The van der Waals surface area contributed by atoms with Crippen molar-refractivity contribution in [3.05, 3.63) is 46.0 Å². The van der Waals surface area contributed by atoms with Gasteiger partial charge in [0, 0.05) is 15.6 Å². The highest BCUT2D eigenvalue weighted by Crippen LogP contribution is 2.28. The maximum atomic E-state index is 9.91. The number of nitrogens with zero attached hydrogens (tertiary/aromatic N) is 2. The van der Waals surface area contributed by atoms with Gasteiger partial charge >= 0.3 is 0 Å². The third-order valence-electron chi connectivity index (χ3n) is 1.95. The maximum absolute atomic E-state index is 9.91. The first-order valence-corrected chi connectivity index (χ1v) is 4.92. The first kappa shape index (κ1) is 10.4. The molecule has 0 saturated carbocycles. The summed E-state index contributed by atoms with van der Waals surface area (Å²) in [6.07, 6.45) is 0.371. The zero-order valence-corrected chi connectivity index (χ0v) is 9.00. The molecule has 2 aromatic rings. The predicted octanol–water partition coefficient (Wildman–Crippen LogP) is 2.19. The highest BCUT2D eigenvalue weighted by molar-refractivity contribution is 6.33. The van der Waals surface area contributed by atoms with Gasteiger partial charge in [-0.2, -0.15) is 5.10 Å². The average Bonchev–Trinajstić information content (AvgIpc) is 2.74. The minimum atomic E-state index is -0.946. The molecule has 1 atom stereocenters. The molecule has 0 saturated heterocycles. The Morgan fingerprint density at radius 2 is 2.13 bits per heavy atom. The number of aromatic nitrogens is 3. The van der Waals surface area contributed by atoms with Gasteiger partial charge in [-0.05, 0) is 18.2 Å². The van der Waals surface area contributed by atoms with Gasteiger partial charge in [-0.3, -0.25) is 5.10 Å². The van der Waals surface area contributed by atoms with E-state index >= 15 is 0 Å². The van der Waals surface area contributed by atoms with E-state index in [0.717, 1.165) is 0 Å². The van der Waals surface area contributed by atoms with Crippen LogP contribution in [-0.4, -0.2) is 20.3 Å². The van der Waals surface area contributed by atoms with Crippen LogP contribution in [0.4, 0.5) is 0 Å². The number of H-pyrrole nitrogens is 1. The van der Waals surface area contributed by atoms with Gasteiger partial charge in [0.05, 0.1) is 0 Å². The van der Waals surface area contributed by atoms with Crippen LogP contribution in [0.3, 0.4) is 0 Å². The predicted molar refractivity (Wildman–Crippen MR) is 56.9 cm³/mol. The molecule has 2 rings (SSSR count). The Morgan fingerprint density at radius 1 is 1.33 bits per heavy atom. The molecule has 1 heterocycles. The quantitative estimate of drug-likeness (QED) is 0.851. The van der Waals surface area contributed by atoms with Gasteiger partial charge in [-0.1, -0.05) is 23.2 Å². The Balaban J connectivity index is 2.41. The lowest BCUT2D eigenvalue weighted by atomic mass is 10.1. The van der Waals surface area contributed by atoms with Crippen molar-refractivity contribution in [1.82, 2.24) is 15.2 Å². The highest BCUT2D eigenvalue weighted by atomic mass is 35.5. The summed E-state index contributed by atoms with van der Waals surface area (Å²) in [5.41, 5.74) is 0.501. The van der Waals surface area contributed by atoms with Crippen LogP contribution < -0.4 is 0 Å². The van der Waals surface area contributed by atoms with Crippen LogP contribution in [0.25, 0.3) is 0 Å². The second-order valence-corrected chi connectivity index (χ2v) is 3.78. The zero-order valence-electron chi connectivity index (χ0n) is 7.48. The van der Waals surface area contributed by atoms with Crippen molar-refractivity contribution in [3.63, 3.8) is 0 Å². The van der Waals surface area contributed by atoms with Crippen molar-refractivity contribution < 1.29 is 5.11 Å². The van der Waals surface area contributed by atoms with Gasteiger partial charge in [0.25, 0.3) is 0 Å². The molecule has 0 radical (unpaired) electrons.